The number of rotatable bonds is 2. The van der Waals surface area contributed by atoms with E-state index in [2.05, 4.69) is 31.2 Å². The summed E-state index contributed by atoms with van der Waals surface area (Å²) in [6, 6.07) is 9.83. The van der Waals surface area contributed by atoms with E-state index in [1.165, 1.54) is 12.3 Å². The number of halogens is 2. The highest BCUT2D eigenvalue weighted by Crippen LogP contribution is 2.28. The molecule has 110 valence electrons. The Labute approximate surface area is 134 Å². The number of pyridine rings is 2. The van der Waals surface area contributed by atoms with Gasteiger partial charge in [0.2, 0.25) is 0 Å². The monoisotopic (exact) mass is 359 g/mol. The first-order chi connectivity index (χ1) is 10.6. The second-order valence-corrected chi connectivity index (χ2v) is 5.58. The van der Waals surface area contributed by atoms with E-state index in [4.69, 9.17) is 0 Å². The van der Waals surface area contributed by atoms with Gasteiger partial charge in [-0.05, 0) is 37.3 Å². The number of anilines is 1. The van der Waals surface area contributed by atoms with Crippen LogP contribution in [0.4, 0.5) is 10.2 Å². The van der Waals surface area contributed by atoms with Crippen LogP contribution in [0.5, 0.6) is 0 Å². The molecule has 4 nitrogen and oxygen atoms in total. The number of hydrogen-bond acceptors (Lipinski definition) is 3. The molecule has 0 aliphatic heterocycles. The van der Waals surface area contributed by atoms with Gasteiger partial charge in [0.15, 0.2) is 0 Å². The molecule has 3 aromatic rings. The van der Waals surface area contributed by atoms with Gasteiger partial charge in [0, 0.05) is 27.1 Å². The first-order valence-corrected chi connectivity index (χ1v) is 7.33. The zero-order valence-electron chi connectivity index (χ0n) is 11.6. The average molecular weight is 360 g/mol. The first kappa shape index (κ1) is 14.6. The van der Waals surface area contributed by atoms with E-state index >= 15 is 0 Å². The lowest BCUT2D eigenvalue weighted by Gasteiger charge is -2.09. The molecule has 22 heavy (non-hydrogen) atoms. The van der Waals surface area contributed by atoms with E-state index in [9.17, 15) is 9.18 Å². The zero-order chi connectivity index (χ0) is 15.7. The Balaban J connectivity index is 2.06. The molecule has 0 unspecified atom stereocenters. The van der Waals surface area contributed by atoms with E-state index in [-0.39, 0.29) is 11.1 Å². The smallest absolute Gasteiger partial charge is 0.276 e. The number of fused-ring (bicyclic) bond motifs is 1. The molecule has 0 aliphatic carbocycles. The van der Waals surface area contributed by atoms with Crippen molar-refractivity contribution in [3.63, 3.8) is 0 Å². The van der Waals surface area contributed by atoms with Gasteiger partial charge >= 0.3 is 0 Å². The molecule has 0 aliphatic rings. The Morgan fingerprint density at radius 3 is 2.82 bits per heavy atom. The predicted molar refractivity (Wildman–Crippen MR) is 86.3 cm³/mol. The normalized spacial score (nSPS) is 10.7. The highest BCUT2D eigenvalue weighted by molar-refractivity contribution is 9.10. The van der Waals surface area contributed by atoms with Crippen LogP contribution in [0.2, 0.25) is 0 Å². The third-order valence-corrected chi connectivity index (χ3v) is 3.86. The van der Waals surface area contributed by atoms with Crippen molar-refractivity contribution in [1.82, 2.24) is 9.97 Å². The first-order valence-electron chi connectivity index (χ1n) is 6.54. The number of carbonyl (C=O) groups excluding carboxylic acids is 1. The fraction of sp³-hybridized carbons (Fsp3) is 0.0625. The molecule has 1 aromatic carbocycles. The van der Waals surface area contributed by atoms with Crippen molar-refractivity contribution in [2.75, 3.05) is 5.32 Å². The summed E-state index contributed by atoms with van der Waals surface area (Å²) in [5.41, 5.74) is 0.803. The van der Waals surface area contributed by atoms with Crippen LogP contribution in [0.1, 0.15) is 16.2 Å². The number of aromatic nitrogens is 2. The van der Waals surface area contributed by atoms with Crippen molar-refractivity contribution in [3.05, 3.63) is 64.3 Å². The number of benzene rings is 1. The van der Waals surface area contributed by atoms with E-state index < -0.39 is 11.7 Å². The fourth-order valence-electron chi connectivity index (χ4n) is 2.18. The van der Waals surface area contributed by atoms with Crippen LogP contribution >= 0.6 is 15.9 Å². The van der Waals surface area contributed by atoms with Crippen LogP contribution in [0.15, 0.2) is 47.1 Å². The molecule has 0 fully saturated rings. The maximum absolute atomic E-state index is 14.1. The summed E-state index contributed by atoms with van der Waals surface area (Å²) in [6.07, 6.45) is 1.48. The highest BCUT2D eigenvalue weighted by atomic mass is 79.9. The van der Waals surface area contributed by atoms with Crippen molar-refractivity contribution in [2.45, 2.75) is 6.92 Å². The molecule has 0 spiro atoms. The molecule has 3 rings (SSSR count). The summed E-state index contributed by atoms with van der Waals surface area (Å²) >= 11 is 3.35. The molecule has 2 heterocycles. The minimum absolute atomic E-state index is 0.0274. The van der Waals surface area contributed by atoms with Crippen molar-refractivity contribution >= 4 is 38.4 Å². The van der Waals surface area contributed by atoms with Crippen LogP contribution in [0.25, 0.3) is 10.8 Å². The summed E-state index contributed by atoms with van der Waals surface area (Å²) < 4.78 is 14.8. The van der Waals surface area contributed by atoms with Crippen LogP contribution < -0.4 is 5.32 Å². The molecule has 6 heteroatoms. The van der Waals surface area contributed by atoms with Crippen LogP contribution in [-0.2, 0) is 0 Å². The van der Waals surface area contributed by atoms with Gasteiger partial charge in [-0.3, -0.25) is 9.78 Å². The lowest BCUT2D eigenvalue weighted by Crippen LogP contribution is -2.15. The molecule has 0 saturated carbocycles. The summed E-state index contributed by atoms with van der Waals surface area (Å²) in [6.45, 7) is 1.82. The zero-order valence-corrected chi connectivity index (χ0v) is 13.2. The third kappa shape index (κ3) is 2.69. The standard InChI is InChI=1S/C16H11BrFN3O/c1-9-3-2-4-13(20-9)21-16(22)15-14-10(7-8-19-15)11(17)5-6-12(14)18/h2-8H,1H3,(H,20,21,22). The number of amides is 1. The largest absolute Gasteiger partial charge is 0.305 e. The molecule has 2 aromatic heterocycles. The summed E-state index contributed by atoms with van der Waals surface area (Å²) in [5, 5.41) is 3.42. The molecule has 0 radical (unpaired) electrons. The molecule has 0 bridgehead atoms. The van der Waals surface area contributed by atoms with Crippen molar-refractivity contribution in [3.8, 4) is 0 Å². The quantitative estimate of drug-likeness (QED) is 0.749. The average Bonchev–Trinajstić information content (AvgIpc) is 2.50. The predicted octanol–water partition coefficient (Wildman–Crippen LogP) is 4.09. The Morgan fingerprint density at radius 2 is 2.05 bits per heavy atom. The van der Waals surface area contributed by atoms with E-state index in [1.54, 1.807) is 24.3 Å². The Bertz CT molecular complexity index is 882. The maximum Gasteiger partial charge on any atom is 0.276 e. The number of hydrogen-bond donors (Lipinski definition) is 1. The van der Waals surface area contributed by atoms with Gasteiger partial charge in [-0.1, -0.05) is 22.0 Å². The van der Waals surface area contributed by atoms with E-state index in [0.29, 0.717) is 15.7 Å². The van der Waals surface area contributed by atoms with Crippen LogP contribution in [0, 0.1) is 12.7 Å². The number of carbonyl (C=O) groups is 1. The molecule has 1 N–H and O–H groups in total. The Hall–Kier alpha value is -2.34. The number of nitrogens with zero attached hydrogens (tertiary/aromatic N) is 2. The van der Waals surface area contributed by atoms with Gasteiger partial charge in [0.25, 0.3) is 5.91 Å². The SMILES string of the molecule is Cc1cccc(NC(=O)c2nccc3c(Br)ccc(F)c23)n1. The topological polar surface area (TPSA) is 54.9 Å². The molecule has 0 atom stereocenters. The van der Waals surface area contributed by atoms with E-state index in [1.807, 2.05) is 13.0 Å². The lowest BCUT2D eigenvalue weighted by atomic mass is 10.1. The minimum atomic E-state index is -0.499. The van der Waals surface area contributed by atoms with Gasteiger partial charge in [0.1, 0.15) is 17.3 Å². The summed E-state index contributed by atoms with van der Waals surface area (Å²) in [5.74, 6) is -0.589. The summed E-state index contributed by atoms with van der Waals surface area (Å²) in [7, 11) is 0. The Morgan fingerprint density at radius 1 is 1.23 bits per heavy atom. The second kappa shape index (κ2) is 5.81. The van der Waals surface area contributed by atoms with Crippen molar-refractivity contribution in [1.29, 1.82) is 0 Å². The van der Waals surface area contributed by atoms with Gasteiger partial charge in [-0.25, -0.2) is 9.37 Å². The van der Waals surface area contributed by atoms with E-state index in [0.717, 1.165) is 5.69 Å². The summed E-state index contributed by atoms with van der Waals surface area (Å²) in [4.78, 5) is 20.6. The van der Waals surface area contributed by atoms with Gasteiger partial charge in [-0.15, -0.1) is 0 Å². The third-order valence-electron chi connectivity index (χ3n) is 3.17. The molecule has 0 saturated heterocycles. The number of aryl methyl sites for hydroxylation is 1. The van der Waals surface area contributed by atoms with Crippen molar-refractivity contribution in [2.24, 2.45) is 0 Å². The van der Waals surface area contributed by atoms with Crippen LogP contribution in [-0.4, -0.2) is 15.9 Å². The minimum Gasteiger partial charge on any atom is -0.305 e. The number of nitrogens with one attached hydrogen (secondary N) is 1. The maximum atomic E-state index is 14.1. The van der Waals surface area contributed by atoms with Gasteiger partial charge in [-0.2, -0.15) is 0 Å². The van der Waals surface area contributed by atoms with Crippen LogP contribution in [0.3, 0.4) is 0 Å². The van der Waals surface area contributed by atoms with Crippen molar-refractivity contribution < 1.29 is 9.18 Å². The molecule has 1 amide bonds. The van der Waals surface area contributed by atoms with Gasteiger partial charge < -0.3 is 5.32 Å². The second-order valence-electron chi connectivity index (χ2n) is 4.73. The highest BCUT2D eigenvalue weighted by Gasteiger charge is 2.17. The fourth-order valence-corrected chi connectivity index (χ4v) is 2.64. The Kier molecular flexibility index (Phi) is 3.85. The molecular formula is C16H11BrFN3O. The molecular weight excluding hydrogens is 349 g/mol. The van der Waals surface area contributed by atoms with Gasteiger partial charge in [0.05, 0.1) is 0 Å². The lowest BCUT2D eigenvalue weighted by molar-refractivity contribution is 0.102.